The minimum absolute atomic E-state index is 0.00760. The molecule has 0 fully saturated rings. The zero-order valence-electron chi connectivity index (χ0n) is 15.5. The lowest BCUT2D eigenvalue weighted by Crippen LogP contribution is -2.13. The highest BCUT2D eigenvalue weighted by atomic mass is 16.5. The number of hydrogen-bond donors (Lipinski definition) is 4. The largest absolute Gasteiger partial charge is 0.494 e. The molecule has 0 aliphatic rings. The van der Waals surface area contributed by atoms with Gasteiger partial charge in [0.1, 0.15) is 5.75 Å². The second-order valence-corrected chi connectivity index (χ2v) is 6.35. The fourth-order valence-corrected chi connectivity index (χ4v) is 2.85. The van der Waals surface area contributed by atoms with Crippen molar-refractivity contribution in [2.24, 2.45) is 5.73 Å². The maximum absolute atomic E-state index is 6.30. The van der Waals surface area contributed by atoms with Gasteiger partial charge in [-0.3, -0.25) is 5.43 Å². The summed E-state index contributed by atoms with van der Waals surface area (Å²) in [4.78, 5) is 0. The summed E-state index contributed by atoms with van der Waals surface area (Å²) in [5, 5.41) is 0. The van der Waals surface area contributed by atoms with Gasteiger partial charge in [0.05, 0.1) is 23.7 Å². The first-order chi connectivity index (χ1) is 13.2. The molecule has 0 aromatic heterocycles. The van der Waals surface area contributed by atoms with Crippen LogP contribution >= 0.6 is 0 Å². The Morgan fingerprint density at radius 1 is 0.926 bits per heavy atom. The topological polar surface area (TPSA) is 85.3 Å². The van der Waals surface area contributed by atoms with Crippen LogP contribution < -0.4 is 27.1 Å². The van der Waals surface area contributed by atoms with E-state index in [1.807, 2.05) is 55.5 Å². The van der Waals surface area contributed by atoms with Gasteiger partial charge in [0, 0.05) is 12.1 Å². The van der Waals surface area contributed by atoms with Crippen molar-refractivity contribution < 1.29 is 4.74 Å². The average molecular weight is 362 g/mol. The van der Waals surface area contributed by atoms with E-state index in [0.717, 1.165) is 29.1 Å². The molecule has 3 aromatic rings. The van der Waals surface area contributed by atoms with Gasteiger partial charge in [-0.1, -0.05) is 42.5 Å². The van der Waals surface area contributed by atoms with Crippen LogP contribution in [0.3, 0.4) is 0 Å². The van der Waals surface area contributed by atoms with Gasteiger partial charge in [-0.05, 0) is 48.7 Å². The van der Waals surface area contributed by atoms with Crippen LogP contribution in [0.25, 0.3) is 0 Å². The summed E-state index contributed by atoms with van der Waals surface area (Å²) in [6.45, 7) is 2.56. The monoisotopic (exact) mass is 362 g/mol. The maximum atomic E-state index is 6.30. The quantitative estimate of drug-likeness (QED) is 0.354. The number of rotatable bonds is 8. The van der Waals surface area contributed by atoms with Gasteiger partial charge in [0.15, 0.2) is 0 Å². The highest BCUT2D eigenvalue weighted by molar-refractivity contribution is 5.70. The van der Waals surface area contributed by atoms with E-state index in [2.05, 4.69) is 35.1 Å². The first kappa shape index (κ1) is 18.6. The molecule has 3 aromatic carbocycles. The Balaban J connectivity index is 1.56. The summed E-state index contributed by atoms with van der Waals surface area (Å²) >= 11 is 0. The van der Waals surface area contributed by atoms with Gasteiger partial charge in [-0.15, -0.1) is 0 Å². The molecular formula is C22H26N4O. The number of ether oxygens (including phenoxy) is 1. The number of nitrogens with two attached hydrogens (primary N) is 2. The van der Waals surface area contributed by atoms with E-state index in [1.54, 1.807) is 0 Å². The Labute approximate surface area is 160 Å². The van der Waals surface area contributed by atoms with Gasteiger partial charge in [0.25, 0.3) is 0 Å². The SMILES string of the molecule is CCOc1ccc(NNc2ccc(C[C@H](N)c3ccccc3)cc2)c(N)c1. The number of nitrogen functional groups attached to an aromatic ring is 1. The molecule has 5 nitrogen and oxygen atoms in total. The van der Waals surface area contributed by atoms with Gasteiger partial charge in [-0.2, -0.15) is 0 Å². The van der Waals surface area contributed by atoms with E-state index in [-0.39, 0.29) is 6.04 Å². The lowest BCUT2D eigenvalue weighted by Gasteiger charge is -2.15. The Morgan fingerprint density at radius 2 is 1.67 bits per heavy atom. The smallest absolute Gasteiger partial charge is 0.121 e. The van der Waals surface area contributed by atoms with Crippen molar-refractivity contribution in [3.05, 3.63) is 83.9 Å². The zero-order valence-corrected chi connectivity index (χ0v) is 15.5. The maximum Gasteiger partial charge on any atom is 0.121 e. The van der Waals surface area contributed by atoms with Crippen molar-refractivity contribution in [3.63, 3.8) is 0 Å². The highest BCUT2D eigenvalue weighted by Gasteiger charge is 2.07. The molecule has 0 amide bonds. The first-order valence-electron chi connectivity index (χ1n) is 9.09. The van der Waals surface area contributed by atoms with E-state index in [0.29, 0.717) is 12.3 Å². The molecule has 1 atom stereocenters. The van der Waals surface area contributed by atoms with Crippen LogP contribution in [-0.2, 0) is 6.42 Å². The fourth-order valence-electron chi connectivity index (χ4n) is 2.85. The van der Waals surface area contributed by atoms with E-state index in [4.69, 9.17) is 16.2 Å². The van der Waals surface area contributed by atoms with Crippen molar-refractivity contribution in [3.8, 4) is 5.75 Å². The predicted octanol–water partition coefficient (Wildman–Crippen LogP) is 4.35. The summed E-state index contributed by atoms with van der Waals surface area (Å²) in [6, 6.07) is 23.9. The van der Waals surface area contributed by atoms with E-state index in [9.17, 15) is 0 Å². The molecular weight excluding hydrogens is 336 g/mol. The molecule has 27 heavy (non-hydrogen) atoms. The molecule has 0 saturated carbocycles. The Bertz CT molecular complexity index is 850. The Morgan fingerprint density at radius 3 is 2.33 bits per heavy atom. The number of benzene rings is 3. The standard InChI is InChI=1S/C22H26N4O/c1-2-27-19-12-13-22(21(24)15-19)26-25-18-10-8-16(9-11-18)14-20(23)17-6-4-3-5-7-17/h3-13,15,20,25-26H,2,14,23-24H2,1H3/t20-/m0/s1. The third-order valence-corrected chi connectivity index (χ3v) is 4.31. The first-order valence-corrected chi connectivity index (χ1v) is 9.09. The number of hydrazine groups is 1. The van der Waals surface area contributed by atoms with Crippen molar-refractivity contribution in [1.82, 2.24) is 0 Å². The van der Waals surface area contributed by atoms with Gasteiger partial charge >= 0.3 is 0 Å². The molecule has 0 saturated heterocycles. The highest BCUT2D eigenvalue weighted by Crippen LogP contribution is 2.25. The lowest BCUT2D eigenvalue weighted by molar-refractivity contribution is 0.340. The van der Waals surface area contributed by atoms with Crippen LogP contribution in [0.1, 0.15) is 24.1 Å². The molecule has 0 aliphatic heterocycles. The van der Waals surface area contributed by atoms with Crippen LogP contribution in [0.4, 0.5) is 17.1 Å². The molecule has 0 radical (unpaired) electrons. The second kappa shape index (κ2) is 8.96. The van der Waals surface area contributed by atoms with E-state index >= 15 is 0 Å². The molecule has 0 spiro atoms. The third kappa shape index (κ3) is 5.15. The normalized spacial score (nSPS) is 11.6. The third-order valence-electron chi connectivity index (χ3n) is 4.31. The van der Waals surface area contributed by atoms with Crippen LogP contribution in [0.2, 0.25) is 0 Å². The Kier molecular flexibility index (Phi) is 6.18. The molecule has 0 unspecified atom stereocenters. The number of hydrogen-bond acceptors (Lipinski definition) is 5. The second-order valence-electron chi connectivity index (χ2n) is 6.35. The predicted molar refractivity (Wildman–Crippen MR) is 113 cm³/mol. The molecule has 0 heterocycles. The minimum Gasteiger partial charge on any atom is -0.494 e. The summed E-state index contributed by atoms with van der Waals surface area (Å²) in [6.07, 6.45) is 0.795. The van der Waals surface area contributed by atoms with Crippen molar-refractivity contribution in [2.45, 2.75) is 19.4 Å². The molecule has 6 N–H and O–H groups in total. The van der Waals surface area contributed by atoms with E-state index in [1.165, 1.54) is 5.56 Å². The Hall–Kier alpha value is -3.18. The van der Waals surface area contributed by atoms with Crippen LogP contribution in [-0.4, -0.2) is 6.61 Å². The van der Waals surface area contributed by atoms with Crippen molar-refractivity contribution in [1.29, 1.82) is 0 Å². The molecule has 0 bridgehead atoms. The van der Waals surface area contributed by atoms with E-state index < -0.39 is 0 Å². The molecule has 0 aliphatic carbocycles. The van der Waals surface area contributed by atoms with Crippen molar-refractivity contribution in [2.75, 3.05) is 23.2 Å². The molecule has 5 heteroatoms. The number of nitrogens with one attached hydrogen (secondary N) is 2. The summed E-state index contributed by atoms with van der Waals surface area (Å²) in [5.41, 5.74) is 23.4. The molecule has 3 rings (SSSR count). The van der Waals surface area contributed by atoms with Crippen LogP contribution in [0.5, 0.6) is 5.75 Å². The lowest BCUT2D eigenvalue weighted by atomic mass is 10.00. The summed E-state index contributed by atoms with van der Waals surface area (Å²) in [7, 11) is 0. The van der Waals surface area contributed by atoms with Gasteiger partial charge < -0.3 is 21.6 Å². The number of anilines is 3. The van der Waals surface area contributed by atoms with Crippen LogP contribution in [0.15, 0.2) is 72.8 Å². The molecule has 140 valence electrons. The summed E-state index contributed by atoms with van der Waals surface area (Å²) in [5.74, 6) is 0.764. The summed E-state index contributed by atoms with van der Waals surface area (Å²) < 4.78 is 5.44. The minimum atomic E-state index is -0.00760. The van der Waals surface area contributed by atoms with Crippen molar-refractivity contribution >= 4 is 17.1 Å². The van der Waals surface area contributed by atoms with Gasteiger partial charge in [-0.25, -0.2) is 0 Å². The average Bonchev–Trinajstić information content (AvgIpc) is 2.69. The van der Waals surface area contributed by atoms with Gasteiger partial charge in [0.2, 0.25) is 0 Å². The van der Waals surface area contributed by atoms with Crippen LogP contribution in [0, 0.1) is 0 Å². The fraction of sp³-hybridized carbons (Fsp3) is 0.182. The zero-order chi connectivity index (χ0) is 19.1.